The highest BCUT2D eigenvalue weighted by Crippen LogP contribution is 2.22. The van der Waals surface area contributed by atoms with E-state index in [2.05, 4.69) is 80.7 Å². The minimum Gasteiger partial charge on any atom is -0.310 e. The molecule has 2 aromatic carbocycles. The first-order valence-electron chi connectivity index (χ1n) is 8.05. The highest BCUT2D eigenvalue weighted by atomic mass is 14.9. The topological polar surface area (TPSA) is 12.0 Å². The number of nitrogens with one attached hydrogen (secondary N) is 1. The number of hydrogen-bond donors (Lipinski definition) is 1. The first kappa shape index (κ1) is 15.8. The Morgan fingerprint density at radius 3 is 2.05 bits per heavy atom. The average molecular weight is 281 g/mol. The SMILES string of the molecule is CCNC(CC(C)C)c1ccc(Cc2ccccc2)cc1. The summed E-state index contributed by atoms with van der Waals surface area (Å²) in [5.74, 6) is 0.707. The zero-order valence-electron chi connectivity index (χ0n) is 13.5. The lowest BCUT2D eigenvalue weighted by Crippen LogP contribution is -2.22. The smallest absolute Gasteiger partial charge is 0.0322 e. The van der Waals surface area contributed by atoms with Crippen molar-refractivity contribution in [3.05, 3.63) is 71.3 Å². The summed E-state index contributed by atoms with van der Waals surface area (Å²) < 4.78 is 0. The molecule has 112 valence electrons. The fourth-order valence-electron chi connectivity index (χ4n) is 2.75. The molecule has 2 rings (SSSR count). The van der Waals surface area contributed by atoms with Crippen molar-refractivity contribution in [1.29, 1.82) is 0 Å². The van der Waals surface area contributed by atoms with Crippen molar-refractivity contribution in [2.75, 3.05) is 6.54 Å². The van der Waals surface area contributed by atoms with Crippen LogP contribution in [0.3, 0.4) is 0 Å². The van der Waals surface area contributed by atoms with Crippen LogP contribution in [0.25, 0.3) is 0 Å². The molecule has 1 heteroatoms. The van der Waals surface area contributed by atoms with Crippen molar-refractivity contribution in [2.24, 2.45) is 5.92 Å². The Kier molecular flexibility index (Phi) is 6.01. The van der Waals surface area contributed by atoms with Gasteiger partial charge in [-0.15, -0.1) is 0 Å². The van der Waals surface area contributed by atoms with E-state index in [1.165, 1.54) is 23.1 Å². The maximum Gasteiger partial charge on any atom is 0.0322 e. The van der Waals surface area contributed by atoms with E-state index in [4.69, 9.17) is 0 Å². The van der Waals surface area contributed by atoms with Crippen molar-refractivity contribution in [2.45, 2.75) is 39.7 Å². The van der Waals surface area contributed by atoms with Gasteiger partial charge in [0.2, 0.25) is 0 Å². The maximum absolute atomic E-state index is 3.60. The second-order valence-corrected chi connectivity index (χ2v) is 6.14. The molecule has 0 heterocycles. The molecule has 0 aliphatic rings. The van der Waals surface area contributed by atoms with Crippen molar-refractivity contribution in [3.8, 4) is 0 Å². The molecule has 1 atom stereocenters. The van der Waals surface area contributed by atoms with Crippen LogP contribution in [0.4, 0.5) is 0 Å². The zero-order valence-corrected chi connectivity index (χ0v) is 13.5. The molecule has 0 bridgehead atoms. The molecule has 0 aliphatic heterocycles. The fourth-order valence-corrected chi connectivity index (χ4v) is 2.75. The van der Waals surface area contributed by atoms with Crippen molar-refractivity contribution >= 4 is 0 Å². The van der Waals surface area contributed by atoms with Crippen molar-refractivity contribution in [3.63, 3.8) is 0 Å². The summed E-state index contributed by atoms with van der Waals surface area (Å²) in [4.78, 5) is 0. The van der Waals surface area contributed by atoms with E-state index in [9.17, 15) is 0 Å². The molecule has 1 nitrogen and oxygen atoms in total. The molecule has 0 saturated heterocycles. The van der Waals surface area contributed by atoms with Gasteiger partial charge in [0.1, 0.15) is 0 Å². The predicted molar refractivity (Wildman–Crippen MR) is 91.6 cm³/mol. The van der Waals surface area contributed by atoms with E-state index in [-0.39, 0.29) is 0 Å². The second-order valence-electron chi connectivity index (χ2n) is 6.14. The van der Waals surface area contributed by atoms with Crippen LogP contribution >= 0.6 is 0 Å². The number of hydrogen-bond acceptors (Lipinski definition) is 1. The molecular weight excluding hydrogens is 254 g/mol. The Hall–Kier alpha value is -1.60. The number of benzene rings is 2. The van der Waals surface area contributed by atoms with Gasteiger partial charge >= 0.3 is 0 Å². The van der Waals surface area contributed by atoms with Crippen LogP contribution < -0.4 is 5.32 Å². The summed E-state index contributed by atoms with van der Waals surface area (Å²) >= 11 is 0. The molecule has 0 aromatic heterocycles. The molecule has 2 aromatic rings. The van der Waals surface area contributed by atoms with E-state index in [0.717, 1.165) is 13.0 Å². The van der Waals surface area contributed by atoms with Gasteiger partial charge in [-0.1, -0.05) is 75.4 Å². The Morgan fingerprint density at radius 1 is 0.857 bits per heavy atom. The van der Waals surface area contributed by atoms with Crippen molar-refractivity contribution in [1.82, 2.24) is 5.32 Å². The standard InChI is InChI=1S/C20H27N/c1-4-21-20(14-16(2)3)19-12-10-18(11-13-19)15-17-8-6-5-7-9-17/h5-13,16,20-21H,4,14-15H2,1-3H3. The summed E-state index contributed by atoms with van der Waals surface area (Å²) in [5, 5.41) is 3.60. The van der Waals surface area contributed by atoms with Crippen LogP contribution in [0.5, 0.6) is 0 Å². The molecule has 1 unspecified atom stereocenters. The van der Waals surface area contributed by atoms with Gasteiger partial charge < -0.3 is 5.32 Å². The molecule has 1 N–H and O–H groups in total. The third-order valence-corrected chi connectivity index (χ3v) is 3.79. The highest BCUT2D eigenvalue weighted by Gasteiger charge is 2.11. The quantitative estimate of drug-likeness (QED) is 0.755. The molecule has 0 aliphatic carbocycles. The summed E-state index contributed by atoms with van der Waals surface area (Å²) in [6.45, 7) is 7.77. The van der Waals surface area contributed by atoms with Gasteiger partial charge in [0.25, 0.3) is 0 Å². The lowest BCUT2D eigenvalue weighted by molar-refractivity contribution is 0.438. The van der Waals surface area contributed by atoms with Gasteiger partial charge in [-0.2, -0.15) is 0 Å². The van der Waals surface area contributed by atoms with Gasteiger partial charge in [-0.25, -0.2) is 0 Å². The molecule has 0 spiro atoms. The van der Waals surface area contributed by atoms with Gasteiger partial charge in [0.15, 0.2) is 0 Å². The van der Waals surface area contributed by atoms with Crippen LogP contribution in [0.15, 0.2) is 54.6 Å². The summed E-state index contributed by atoms with van der Waals surface area (Å²) in [5.41, 5.74) is 4.16. The third kappa shape index (κ3) is 5.02. The molecular formula is C20H27N. The van der Waals surface area contributed by atoms with Crippen LogP contribution in [-0.2, 0) is 6.42 Å². The highest BCUT2D eigenvalue weighted by molar-refractivity contribution is 5.30. The minimum atomic E-state index is 0.473. The Morgan fingerprint density at radius 2 is 1.48 bits per heavy atom. The first-order chi connectivity index (χ1) is 10.2. The lowest BCUT2D eigenvalue weighted by atomic mass is 9.95. The Balaban J connectivity index is 2.06. The molecule has 0 saturated carbocycles. The van der Waals surface area contributed by atoms with Crippen molar-refractivity contribution < 1.29 is 0 Å². The molecule has 0 amide bonds. The molecule has 0 radical (unpaired) electrons. The van der Waals surface area contributed by atoms with Crippen LogP contribution in [0.1, 0.15) is 49.9 Å². The van der Waals surface area contributed by atoms with E-state index in [0.29, 0.717) is 12.0 Å². The minimum absolute atomic E-state index is 0.473. The van der Waals surface area contributed by atoms with Crippen LogP contribution in [0, 0.1) is 5.92 Å². The maximum atomic E-state index is 3.60. The second kappa shape index (κ2) is 7.99. The Bertz CT molecular complexity index is 513. The zero-order chi connectivity index (χ0) is 15.1. The fraction of sp³-hybridized carbons (Fsp3) is 0.400. The van der Waals surface area contributed by atoms with Crippen LogP contribution in [0.2, 0.25) is 0 Å². The Labute approximate surface area is 129 Å². The lowest BCUT2D eigenvalue weighted by Gasteiger charge is -2.20. The van der Waals surface area contributed by atoms with Crippen LogP contribution in [-0.4, -0.2) is 6.54 Å². The van der Waals surface area contributed by atoms with E-state index in [1.54, 1.807) is 0 Å². The van der Waals surface area contributed by atoms with Gasteiger partial charge in [-0.05, 0) is 42.0 Å². The van der Waals surface area contributed by atoms with Gasteiger partial charge in [0.05, 0.1) is 0 Å². The summed E-state index contributed by atoms with van der Waals surface area (Å²) in [6.07, 6.45) is 2.20. The van der Waals surface area contributed by atoms with E-state index < -0.39 is 0 Å². The normalized spacial score (nSPS) is 12.6. The third-order valence-electron chi connectivity index (χ3n) is 3.79. The predicted octanol–water partition coefficient (Wildman–Crippen LogP) is 4.97. The van der Waals surface area contributed by atoms with E-state index in [1.807, 2.05) is 0 Å². The average Bonchev–Trinajstić information content (AvgIpc) is 2.48. The van der Waals surface area contributed by atoms with Gasteiger partial charge in [0, 0.05) is 6.04 Å². The van der Waals surface area contributed by atoms with E-state index >= 15 is 0 Å². The number of rotatable bonds is 7. The largest absolute Gasteiger partial charge is 0.310 e. The molecule has 21 heavy (non-hydrogen) atoms. The molecule has 0 fully saturated rings. The summed E-state index contributed by atoms with van der Waals surface area (Å²) in [6, 6.07) is 20.2. The van der Waals surface area contributed by atoms with Gasteiger partial charge in [-0.3, -0.25) is 0 Å². The summed E-state index contributed by atoms with van der Waals surface area (Å²) in [7, 11) is 0. The first-order valence-corrected chi connectivity index (χ1v) is 8.05. The monoisotopic (exact) mass is 281 g/mol.